The van der Waals surface area contributed by atoms with Gasteiger partial charge in [0.25, 0.3) is 5.91 Å². The normalized spacial score (nSPS) is 20.2. The van der Waals surface area contributed by atoms with Crippen molar-refractivity contribution in [2.24, 2.45) is 5.41 Å². The molecule has 2 saturated carbocycles. The lowest BCUT2D eigenvalue weighted by Crippen LogP contribution is -2.40. The molecule has 10 nitrogen and oxygen atoms in total. The maximum Gasteiger partial charge on any atom is 0.261 e. The average Bonchev–Trinajstić information content (AvgIpc) is 3.92. The number of fused-ring (bicyclic) bond motifs is 3. The first-order chi connectivity index (χ1) is 24.1. The highest BCUT2D eigenvalue weighted by molar-refractivity contribution is 9.10. The van der Waals surface area contributed by atoms with Crippen LogP contribution in [0.4, 0.5) is 10.1 Å². The summed E-state index contributed by atoms with van der Waals surface area (Å²) >= 11 is 3.34. The molecule has 12 heteroatoms. The van der Waals surface area contributed by atoms with Crippen LogP contribution < -0.4 is 10.6 Å². The van der Waals surface area contributed by atoms with Crippen LogP contribution in [0.15, 0.2) is 95.7 Å². The van der Waals surface area contributed by atoms with E-state index in [1.807, 2.05) is 85.4 Å². The SMILES string of the molecule is Cc1cc(C)n2ncc(C(=O)Nc3ccc(-c4cn(C56CCC(C(=O)NC(c7ccccc7)c7ccc(Br)cc7F)(CC5)C6)nn4)cc3)c2n1. The fraction of sp³-hybridized carbons (Fsp3) is 0.263. The van der Waals surface area contributed by atoms with Gasteiger partial charge in [-0.05, 0) is 81.8 Å². The molecule has 3 heterocycles. The minimum atomic E-state index is -0.614. The maximum absolute atomic E-state index is 15.2. The largest absolute Gasteiger partial charge is 0.345 e. The van der Waals surface area contributed by atoms with Crippen molar-refractivity contribution in [1.82, 2.24) is 34.9 Å². The Bertz CT molecular complexity index is 2260. The first-order valence-electron chi connectivity index (χ1n) is 16.6. The molecule has 1 unspecified atom stereocenters. The molecule has 3 aromatic heterocycles. The highest BCUT2D eigenvalue weighted by Gasteiger charge is 2.59. The molecular weight excluding hydrogens is 699 g/mol. The molecule has 0 spiro atoms. The fourth-order valence-electron chi connectivity index (χ4n) is 7.78. The van der Waals surface area contributed by atoms with Gasteiger partial charge in [-0.3, -0.25) is 9.59 Å². The molecule has 0 radical (unpaired) electrons. The predicted octanol–water partition coefficient (Wildman–Crippen LogP) is 7.32. The van der Waals surface area contributed by atoms with Gasteiger partial charge < -0.3 is 10.6 Å². The lowest BCUT2D eigenvalue weighted by Gasteiger charge is -2.29. The van der Waals surface area contributed by atoms with Crippen LogP contribution in [-0.4, -0.2) is 41.4 Å². The van der Waals surface area contributed by atoms with E-state index in [1.165, 1.54) is 12.3 Å². The Labute approximate surface area is 296 Å². The van der Waals surface area contributed by atoms with Crippen LogP contribution in [0.3, 0.4) is 0 Å². The van der Waals surface area contributed by atoms with Crippen LogP contribution in [0.1, 0.15) is 71.0 Å². The van der Waals surface area contributed by atoms with Gasteiger partial charge in [-0.15, -0.1) is 5.10 Å². The summed E-state index contributed by atoms with van der Waals surface area (Å²) < 4.78 is 19.4. The minimum absolute atomic E-state index is 0.0591. The molecule has 2 aliphatic carbocycles. The third kappa shape index (κ3) is 5.57. The summed E-state index contributed by atoms with van der Waals surface area (Å²) in [6.45, 7) is 3.81. The molecular formula is C38H34BrFN8O2. The molecule has 8 rings (SSSR count). The summed E-state index contributed by atoms with van der Waals surface area (Å²) in [5.41, 5.74) is 5.19. The van der Waals surface area contributed by atoms with Gasteiger partial charge in [0.1, 0.15) is 17.1 Å². The van der Waals surface area contributed by atoms with E-state index in [1.54, 1.807) is 16.6 Å². The van der Waals surface area contributed by atoms with Crippen molar-refractivity contribution in [3.8, 4) is 11.3 Å². The Morgan fingerprint density at radius 3 is 2.46 bits per heavy atom. The zero-order valence-electron chi connectivity index (χ0n) is 27.5. The van der Waals surface area contributed by atoms with Gasteiger partial charge >= 0.3 is 0 Å². The van der Waals surface area contributed by atoms with E-state index in [-0.39, 0.29) is 23.2 Å². The number of halogens is 2. The number of hydrogen-bond acceptors (Lipinski definition) is 6. The lowest BCUT2D eigenvalue weighted by molar-refractivity contribution is -0.131. The van der Waals surface area contributed by atoms with E-state index in [0.29, 0.717) is 51.9 Å². The summed E-state index contributed by atoms with van der Waals surface area (Å²) in [7, 11) is 0. The first kappa shape index (κ1) is 32.0. The van der Waals surface area contributed by atoms with Crippen molar-refractivity contribution >= 4 is 39.1 Å². The number of rotatable bonds is 8. The highest BCUT2D eigenvalue weighted by Crippen LogP contribution is 2.60. The van der Waals surface area contributed by atoms with Gasteiger partial charge in [0, 0.05) is 32.7 Å². The van der Waals surface area contributed by atoms with Crippen LogP contribution in [-0.2, 0) is 10.3 Å². The Balaban J connectivity index is 0.970. The number of aryl methyl sites for hydroxylation is 2. The molecule has 2 bridgehead atoms. The van der Waals surface area contributed by atoms with Crippen molar-refractivity contribution in [2.75, 3.05) is 5.32 Å². The zero-order chi connectivity index (χ0) is 34.6. The molecule has 1 atom stereocenters. The highest BCUT2D eigenvalue weighted by atomic mass is 79.9. The number of amides is 2. The number of benzene rings is 3. The predicted molar refractivity (Wildman–Crippen MR) is 190 cm³/mol. The van der Waals surface area contributed by atoms with Gasteiger partial charge in [-0.2, -0.15) is 5.10 Å². The summed E-state index contributed by atoms with van der Waals surface area (Å²) in [5, 5.41) is 19.6. The van der Waals surface area contributed by atoms with Gasteiger partial charge in [0.2, 0.25) is 5.91 Å². The van der Waals surface area contributed by atoms with Crippen molar-refractivity contribution in [2.45, 2.75) is 57.5 Å². The smallest absolute Gasteiger partial charge is 0.261 e. The van der Waals surface area contributed by atoms with E-state index in [2.05, 4.69) is 47.0 Å². The number of hydrogen-bond donors (Lipinski definition) is 2. The van der Waals surface area contributed by atoms with Crippen molar-refractivity contribution in [1.29, 1.82) is 0 Å². The summed E-state index contributed by atoms with van der Waals surface area (Å²) in [6.07, 6.45) is 7.16. The third-order valence-electron chi connectivity index (χ3n) is 10.4. The average molecular weight is 734 g/mol. The number of nitrogens with one attached hydrogen (secondary N) is 2. The molecule has 2 fully saturated rings. The van der Waals surface area contributed by atoms with Gasteiger partial charge in [-0.25, -0.2) is 18.6 Å². The molecule has 50 heavy (non-hydrogen) atoms. The number of anilines is 1. The van der Waals surface area contributed by atoms with Crippen LogP contribution >= 0.6 is 15.9 Å². The molecule has 252 valence electrons. The molecule has 3 aromatic carbocycles. The lowest BCUT2D eigenvalue weighted by atomic mass is 9.82. The van der Waals surface area contributed by atoms with Crippen molar-refractivity contribution in [3.05, 3.63) is 130 Å². The number of carbonyl (C=O) groups is 2. The molecule has 0 saturated heterocycles. The summed E-state index contributed by atoms with van der Waals surface area (Å²) in [6, 6.07) is 23.2. The second-order valence-corrected chi connectivity index (χ2v) is 14.5. The Morgan fingerprint density at radius 1 is 0.960 bits per heavy atom. The van der Waals surface area contributed by atoms with Crippen LogP contribution in [0.2, 0.25) is 0 Å². The van der Waals surface area contributed by atoms with Gasteiger partial charge in [-0.1, -0.05) is 69.7 Å². The van der Waals surface area contributed by atoms with Crippen LogP contribution in [0, 0.1) is 25.1 Å². The number of carbonyl (C=O) groups excluding carboxylic acids is 2. The van der Waals surface area contributed by atoms with E-state index in [4.69, 9.17) is 0 Å². The van der Waals surface area contributed by atoms with Crippen molar-refractivity contribution in [3.63, 3.8) is 0 Å². The monoisotopic (exact) mass is 732 g/mol. The quantitative estimate of drug-likeness (QED) is 0.169. The summed E-state index contributed by atoms with van der Waals surface area (Å²) in [5.74, 6) is -0.725. The molecule has 2 amide bonds. The van der Waals surface area contributed by atoms with E-state index in [0.717, 1.165) is 35.4 Å². The summed E-state index contributed by atoms with van der Waals surface area (Å²) in [4.78, 5) is 31.7. The molecule has 6 aromatic rings. The van der Waals surface area contributed by atoms with Gasteiger partial charge in [0.05, 0.1) is 29.4 Å². The molecule has 0 aliphatic heterocycles. The Morgan fingerprint density at radius 2 is 1.72 bits per heavy atom. The number of nitrogens with zero attached hydrogens (tertiary/aromatic N) is 6. The first-order valence-corrected chi connectivity index (χ1v) is 17.4. The van der Waals surface area contributed by atoms with Crippen molar-refractivity contribution < 1.29 is 14.0 Å². The molecule has 2 aliphatic rings. The van der Waals surface area contributed by atoms with E-state index in [9.17, 15) is 9.59 Å². The third-order valence-corrected chi connectivity index (χ3v) is 10.9. The van der Waals surface area contributed by atoms with E-state index >= 15 is 4.39 Å². The second kappa shape index (κ2) is 12.3. The van der Waals surface area contributed by atoms with Gasteiger partial charge in [0.15, 0.2) is 5.65 Å². The van der Waals surface area contributed by atoms with Crippen LogP contribution in [0.5, 0.6) is 0 Å². The zero-order valence-corrected chi connectivity index (χ0v) is 29.1. The number of aromatic nitrogens is 6. The minimum Gasteiger partial charge on any atom is -0.345 e. The topological polar surface area (TPSA) is 119 Å². The second-order valence-electron chi connectivity index (χ2n) is 13.6. The molecule has 2 N–H and O–H groups in total. The Kier molecular flexibility index (Phi) is 7.86. The van der Waals surface area contributed by atoms with Crippen LogP contribution in [0.25, 0.3) is 16.9 Å². The maximum atomic E-state index is 15.2. The van der Waals surface area contributed by atoms with E-state index < -0.39 is 11.5 Å². The standard InChI is InChI=1S/C38H34BrFN8O2/c1-23-18-24(2)48-34(42-23)30(20-41-48)35(49)43-28-11-8-25(9-12-28)32-21-47(46-45-32)38-16-14-37(22-38,15-17-38)36(50)44-33(26-6-4-3-5-7-26)29-13-10-27(39)19-31(29)40/h3-13,18-21,33H,14-17,22H2,1-2H3,(H,43,49)(H,44,50). The Hall–Kier alpha value is -5.23. The fourth-order valence-corrected chi connectivity index (χ4v) is 8.12.